The third-order valence-electron chi connectivity index (χ3n) is 3.72. The molecule has 0 saturated heterocycles. The van der Waals surface area contributed by atoms with Gasteiger partial charge in [0, 0.05) is 11.6 Å². The van der Waals surface area contributed by atoms with Crippen LogP contribution in [0, 0.1) is 11.8 Å². The quantitative estimate of drug-likeness (QED) is 0.573. The van der Waals surface area contributed by atoms with E-state index in [4.69, 9.17) is 16.7 Å². The van der Waals surface area contributed by atoms with Crippen molar-refractivity contribution in [2.24, 2.45) is 11.8 Å². The number of nitrogens with one attached hydrogen (secondary N) is 1. The van der Waals surface area contributed by atoms with Crippen LogP contribution in [0.1, 0.15) is 39.5 Å². The predicted molar refractivity (Wildman–Crippen MR) is 78.8 cm³/mol. The highest BCUT2D eigenvalue weighted by Gasteiger charge is 2.22. The van der Waals surface area contributed by atoms with Gasteiger partial charge in [-0.25, -0.2) is 0 Å². The van der Waals surface area contributed by atoms with Gasteiger partial charge in [0.15, 0.2) is 0 Å². The highest BCUT2D eigenvalue weighted by molar-refractivity contribution is 6.29. The first-order chi connectivity index (χ1) is 8.63. The fourth-order valence-electron chi connectivity index (χ4n) is 2.66. The van der Waals surface area contributed by atoms with Gasteiger partial charge in [-0.15, -0.1) is 0 Å². The lowest BCUT2D eigenvalue weighted by molar-refractivity contribution is 0.261. The molecular weight excluding hydrogens is 246 g/mol. The molecule has 1 aliphatic rings. The highest BCUT2D eigenvalue weighted by Crippen LogP contribution is 2.33. The average Bonchev–Trinajstić information content (AvgIpc) is 2.36. The topological polar surface area (TPSA) is 32.3 Å². The molecule has 2 N–H and O–H groups in total. The minimum Gasteiger partial charge on any atom is -0.395 e. The second kappa shape index (κ2) is 8.73. The van der Waals surface area contributed by atoms with Crippen LogP contribution >= 0.6 is 11.6 Å². The molecule has 0 aromatic heterocycles. The van der Waals surface area contributed by atoms with Crippen LogP contribution in [-0.4, -0.2) is 24.8 Å². The van der Waals surface area contributed by atoms with Crippen LogP contribution in [-0.2, 0) is 0 Å². The summed E-state index contributed by atoms with van der Waals surface area (Å²) in [5, 5.41) is 12.9. The summed E-state index contributed by atoms with van der Waals surface area (Å²) in [5.74, 6) is 1.45. The molecule has 2 atom stereocenters. The van der Waals surface area contributed by atoms with Gasteiger partial charge in [-0.3, -0.25) is 0 Å². The molecular formula is C15H26ClNO. The van der Waals surface area contributed by atoms with Crippen molar-refractivity contribution in [3.8, 4) is 0 Å². The van der Waals surface area contributed by atoms with Gasteiger partial charge in [0.1, 0.15) is 0 Å². The zero-order valence-electron chi connectivity index (χ0n) is 11.6. The molecule has 3 heteroatoms. The van der Waals surface area contributed by atoms with Crippen molar-refractivity contribution < 1.29 is 5.11 Å². The number of allylic oxidation sites excluding steroid dienone is 4. The molecule has 0 radical (unpaired) electrons. The zero-order chi connectivity index (χ0) is 13.4. The Morgan fingerprint density at radius 1 is 1.33 bits per heavy atom. The summed E-state index contributed by atoms with van der Waals surface area (Å²) in [6.45, 7) is 6.10. The molecule has 1 fully saturated rings. The normalized spacial score (nSPS) is 26.4. The summed E-state index contributed by atoms with van der Waals surface area (Å²) in [6, 6.07) is 0. The SMILES string of the molecule is C/C(Cl)=C\C=C(/C)C1CCCC(CNCCO)C1. The lowest BCUT2D eigenvalue weighted by Gasteiger charge is -2.30. The van der Waals surface area contributed by atoms with Crippen LogP contribution in [0.25, 0.3) is 0 Å². The van der Waals surface area contributed by atoms with Crippen molar-refractivity contribution in [3.05, 3.63) is 22.8 Å². The van der Waals surface area contributed by atoms with E-state index >= 15 is 0 Å². The molecule has 0 aromatic rings. The lowest BCUT2D eigenvalue weighted by atomic mass is 9.78. The molecule has 2 nitrogen and oxygen atoms in total. The zero-order valence-corrected chi connectivity index (χ0v) is 12.3. The van der Waals surface area contributed by atoms with Gasteiger partial charge >= 0.3 is 0 Å². The van der Waals surface area contributed by atoms with E-state index in [2.05, 4.69) is 18.3 Å². The smallest absolute Gasteiger partial charge is 0.0555 e. The van der Waals surface area contributed by atoms with Crippen molar-refractivity contribution in [2.75, 3.05) is 19.7 Å². The molecule has 0 heterocycles. The number of hydrogen-bond donors (Lipinski definition) is 2. The minimum atomic E-state index is 0.231. The first-order valence-electron chi connectivity index (χ1n) is 6.95. The second-order valence-electron chi connectivity index (χ2n) is 5.32. The van der Waals surface area contributed by atoms with Crippen LogP contribution < -0.4 is 5.32 Å². The number of halogens is 1. The van der Waals surface area contributed by atoms with E-state index in [0.717, 1.165) is 17.5 Å². The van der Waals surface area contributed by atoms with Crippen molar-refractivity contribution in [1.29, 1.82) is 0 Å². The standard InChI is InChI=1S/C15H26ClNO/c1-12(6-7-13(2)16)15-5-3-4-14(10-15)11-17-8-9-18/h6-7,14-15,17-18H,3-5,8-11H2,1-2H3/b12-6+,13-7+. The third kappa shape index (κ3) is 6.03. The van der Waals surface area contributed by atoms with E-state index in [0.29, 0.717) is 12.5 Å². The van der Waals surface area contributed by atoms with Gasteiger partial charge in [-0.05, 0) is 57.6 Å². The monoisotopic (exact) mass is 271 g/mol. The summed E-state index contributed by atoms with van der Waals surface area (Å²) < 4.78 is 0. The highest BCUT2D eigenvalue weighted by atomic mass is 35.5. The number of aliphatic hydroxyl groups excluding tert-OH is 1. The van der Waals surface area contributed by atoms with Crippen LogP contribution in [0.2, 0.25) is 0 Å². The Balaban J connectivity index is 2.42. The Morgan fingerprint density at radius 3 is 2.78 bits per heavy atom. The Morgan fingerprint density at radius 2 is 2.11 bits per heavy atom. The summed E-state index contributed by atoms with van der Waals surface area (Å²) in [4.78, 5) is 0. The first-order valence-corrected chi connectivity index (χ1v) is 7.33. The molecule has 0 aliphatic heterocycles. The van der Waals surface area contributed by atoms with Crippen LogP contribution in [0.15, 0.2) is 22.8 Å². The largest absolute Gasteiger partial charge is 0.395 e. The molecule has 0 aromatic carbocycles. The van der Waals surface area contributed by atoms with Crippen LogP contribution in [0.5, 0.6) is 0 Å². The fraction of sp³-hybridized carbons (Fsp3) is 0.733. The second-order valence-corrected chi connectivity index (χ2v) is 5.92. The maximum atomic E-state index is 8.77. The van der Waals surface area contributed by atoms with Gasteiger partial charge in [0.25, 0.3) is 0 Å². The van der Waals surface area contributed by atoms with E-state index in [1.807, 2.05) is 13.0 Å². The average molecular weight is 272 g/mol. The molecule has 1 aliphatic carbocycles. The van der Waals surface area contributed by atoms with Crippen molar-refractivity contribution >= 4 is 11.6 Å². The minimum absolute atomic E-state index is 0.231. The summed E-state index contributed by atoms with van der Waals surface area (Å²) in [5.41, 5.74) is 1.45. The van der Waals surface area contributed by atoms with Gasteiger partial charge < -0.3 is 10.4 Å². The molecule has 1 rings (SSSR count). The molecule has 0 bridgehead atoms. The molecule has 104 valence electrons. The van der Waals surface area contributed by atoms with Crippen LogP contribution in [0.4, 0.5) is 0 Å². The molecule has 0 amide bonds. The van der Waals surface area contributed by atoms with E-state index in [9.17, 15) is 0 Å². The predicted octanol–water partition coefficient (Wildman–Crippen LogP) is 3.46. The Bertz CT molecular complexity index is 295. The van der Waals surface area contributed by atoms with Crippen LogP contribution in [0.3, 0.4) is 0 Å². The van der Waals surface area contributed by atoms with E-state index in [1.54, 1.807) is 0 Å². The molecule has 1 saturated carbocycles. The lowest BCUT2D eigenvalue weighted by Crippen LogP contribution is -2.29. The van der Waals surface area contributed by atoms with E-state index in [-0.39, 0.29) is 6.61 Å². The van der Waals surface area contributed by atoms with E-state index < -0.39 is 0 Å². The summed E-state index contributed by atoms with van der Waals surface area (Å²) >= 11 is 5.86. The van der Waals surface area contributed by atoms with Crippen molar-refractivity contribution in [1.82, 2.24) is 5.32 Å². The van der Waals surface area contributed by atoms with Gasteiger partial charge in [0.05, 0.1) is 6.61 Å². The maximum Gasteiger partial charge on any atom is 0.0555 e. The van der Waals surface area contributed by atoms with Crippen molar-refractivity contribution in [2.45, 2.75) is 39.5 Å². The number of aliphatic hydroxyl groups is 1. The van der Waals surface area contributed by atoms with Gasteiger partial charge in [-0.2, -0.15) is 0 Å². The third-order valence-corrected chi connectivity index (χ3v) is 3.85. The Labute approximate surface area is 116 Å². The van der Waals surface area contributed by atoms with Gasteiger partial charge in [-0.1, -0.05) is 29.7 Å². The Hall–Kier alpha value is -0.310. The number of hydrogen-bond acceptors (Lipinski definition) is 2. The van der Waals surface area contributed by atoms with Crippen molar-refractivity contribution in [3.63, 3.8) is 0 Å². The molecule has 18 heavy (non-hydrogen) atoms. The summed E-state index contributed by atoms with van der Waals surface area (Å²) in [7, 11) is 0. The first kappa shape index (κ1) is 15.7. The molecule has 2 unspecified atom stereocenters. The Kier molecular flexibility index (Phi) is 7.64. The summed E-state index contributed by atoms with van der Waals surface area (Å²) in [6.07, 6.45) is 9.34. The fourth-order valence-corrected chi connectivity index (χ4v) is 2.72. The maximum absolute atomic E-state index is 8.77. The van der Waals surface area contributed by atoms with E-state index in [1.165, 1.54) is 31.3 Å². The van der Waals surface area contributed by atoms with Gasteiger partial charge in [0.2, 0.25) is 0 Å². The molecule has 0 spiro atoms. The number of rotatable bonds is 6.